The fourth-order valence-electron chi connectivity index (χ4n) is 1.04. The normalized spacial score (nSPS) is 11.6. The van der Waals surface area contributed by atoms with Gasteiger partial charge in [-0.2, -0.15) is 0 Å². The third-order valence-electron chi connectivity index (χ3n) is 1.74. The van der Waals surface area contributed by atoms with Gasteiger partial charge in [0.2, 0.25) is 0 Å². The van der Waals surface area contributed by atoms with E-state index in [9.17, 15) is 22.6 Å². The number of rotatable bonds is 8. The van der Waals surface area contributed by atoms with Crippen molar-refractivity contribution >= 4 is 22.3 Å². The molecule has 0 fully saturated rings. The van der Waals surface area contributed by atoms with E-state index in [0.717, 1.165) is 0 Å². The fourth-order valence-corrected chi connectivity index (χ4v) is 1.38. The minimum atomic E-state index is -5.14. The van der Waals surface area contributed by atoms with Gasteiger partial charge in [0, 0.05) is 0 Å². The predicted octanol–water partition coefficient (Wildman–Crippen LogP) is -2.69. The Balaban J connectivity index is 0. The van der Waals surface area contributed by atoms with Crippen molar-refractivity contribution < 1.29 is 61.0 Å². The summed E-state index contributed by atoms with van der Waals surface area (Å²) in [5, 5.41) is 0. The van der Waals surface area contributed by atoms with Gasteiger partial charge in [0.25, 0.3) is 10.4 Å². The zero-order valence-corrected chi connectivity index (χ0v) is 13.4. The van der Waals surface area contributed by atoms with Crippen LogP contribution in [0, 0.1) is 5.92 Å². The average Bonchev–Trinajstić information content (AvgIpc) is 2.23. The van der Waals surface area contributed by atoms with Crippen LogP contribution in [0.4, 0.5) is 0 Å². The molecule has 0 aliphatic rings. The van der Waals surface area contributed by atoms with Gasteiger partial charge in [-0.3, -0.25) is 9.59 Å². The van der Waals surface area contributed by atoms with Crippen molar-refractivity contribution in [3.8, 4) is 0 Å². The van der Waals surface area contributed by atoms with E-state index in [1.165, 1.54) is 12.2 Å². The molecular weight excluding hydrogens is 287 g/mol. The monoisotopic (exact) mass is 300 g/mol. The van der Waals surface area contributed by atoms with Crippen molar-refractivity contribution in [2.24, 2.45) is 5.92 Å². The van der Waals surface area contributed by atoms with E-state index in [2.05, 4.69) is 22.1 Å². The van der Waals surface area contributed by atoms with Crippen LogP contribution in [0.15, 0.2) is 25.3 Å². The SMILES string of the molecule is C=CCOC(=O)CC(CC=C)C(=O)OS(=O)(=O)[O-].[Na+]. The fraction of sp³-hybridized carbons (Fsp3) is 0.400. The first-order chi connectivity index (χ1) is 8.30. The van der Waals surface area contributed by atoms with E-state index in [-0.39, 0.29) is 42.6 Å². The number of ether oxygens (including phenoxy) is 1. The molecule has 0 N–H and O–H groups in total. The van der Waals surface area contributed by atoms with E-state index in [1.807, 2.05) is 0 Å². The molecular formula is C10H13NaO7S. The average molecular weight is 300 g/mol. The third-order valence-corrected chi connectivity index (χ3v) is 2.11. The van der Waals surface area contributed by atoms with Gasteiger partial charge < -0.3 is 13.5 Å². The van der Waals surface area contributed by atoms with Crippen LogP contribution < -0.4 is 29.6 Å². The van der Waals surface area contributed by atoms with Crippen molar-refractivity contribution in [1.29, 1.82) is 0 Å². The van der Waals surface area contributed by atoms with Gasteiger partial charge >= 0.3 is 41.5 Å². The van der Waals surface area contributed by atoms with Gasteiger partial charge in [-0.25, -0.2) is 8.42 Å². The van der Waals surface area contributed by atoms with Gasteiger partial charge in [0.05, 0.1) is 12.3 Å². The molecule has 0 spiro atoms. The molecule has 9 heteroatoms. The van der Waals surface area contributed by atoms with Gasteiger partial charge in [0.1, 0.15) is 6.61 Å². The van der Waals surface area contributed by atoms with Crippen LogP contribution in [0.1, 0.15) is 12.8 Å². The molecule has 19 heavy (non-hydrogen) atoms. The molecule has 0 aromatic heterocycles. The molecule has 1 atom stereocenters. The van der Waals surface area contributed by atoms with Gasteiger partial charge in [-0.05, 0) is 6.42 Å². The Morgan fingerprint density at radius 3 is 2.26 bits per heavy atom. The molecule has 102 valence electrons. The molecule has 0 saturated carbocycles. The van der Waals surface area contributed by atoms with Crippen molar-refractivity contribution in [2.75, 3.05) is 6.61 Å². The molecule has 0 amide bonds. The number of carbonyl (C=O) groups excluding carboxylic acids is 2. The molecule has 0 heterocycles. The first-order valence-electron chi connectivity index (χ1n) is 4.86. The van der Waals surface area contributed by atoms with Crippen LogP contribution in [-0.2, 0) is 28.9 Å². The topological polar surface area (TPSA) is 110 Å². The van der Waals surface area contributed by atoms with Crippen LogP contribution in [0.3, 0.4) is 0 Å². The van der Waals surface area contributed by atoms with E-state index < -0.39 is 34.7 Å². The quantitative estimate of drug-likeness (QED) is 0.158. The molecule has 0 rings (SSSR count). The zero-order chi connectivity index (χ0) is 14.2. The summed E-state index contributed by atoms with van der Waals surface area (Å²) < 4.78 is 39.0. The van der Waals surface area contributed by atoms with Crippen molar-refractivity contribution in [1.82, 2.24) is 0 Å². The van der Waals surface area contributed by atoms with E-state index >= 15 is 0 Å². The van der Waals surface area contributed by atoms with Crippen molar-refractivity contribution in [2.45, 2.75) is 12.8 Å². The Morgan fingerprint density at radius 1 is 1.26 bits per heavy atom. The Bertz CT molecular complexity index is 429. The summed E-state index contributed by atoms with van der Waals surface area (Å²) in [6.45, 7) is 6.64. The number of esters is 1. The van der Waals surface area contributed by atoms with Gasteiger partial charge in [-0.1, -0.05) is 18.7 Å². The van der Waals surface area contributed by atoms with Crippen LogP contribution in [-0.4, -0.2) is 31.5 Å². The summed E-state index contributed by atoms with van der Waals surface area (Å²) in [5.41, 5.74) is 0. The zero-order valence-electron chi connectivity index (χ0n) is 10.5. The van der Waals surface area contributed by atoms with Gasteiger partial charge in [-0.15, -0.1) is 6.58 Å². The van der Waals surface area contributed by atoms with Crippen LogP contribution in [0.2, 0.25) is 0 Å². The Morgan fingerprint density at radius 2 is 1.84 bits per heavy atom. The van der Waals surface area contributed by atoms with Crippen molar-refractivity contribution in [3.05, 3.63) is 25.3 Å². The molecule has 0 saturated heterocycles. The second-order valence-corrected chi connectivity index (χ2v) is 4.19. The maximum atomic E-state index is 11.3. The second kappa shape index (κ2) is 10.2. The minimum absolute atomic E-state index is 0. The third kappa shape index (κ3) is 10.9. The second-order valence-electron chi connectivity index (χ2n) is 3.21. The molecule has 0 aromatic carbocycles. The minimum Gasteiger partial charge on any atom is -0.716 e. The first-order valence-corrected chi connectivity index (χ1v) is 6.20. The molecule has 7 nitrogen and oxygen atoms in total. The first kappa shape index (κ1) is 20.6. The summed E-state index contributed by atoms with van der Waals surface area (Å²) in [7, 11) is -5.14. The Hall–Kier alpha value is -0.670. The molecule has 0 aromatic rings. The van der Waals surface area contributed by atoms with Crippen LogP contribution in [0.5, 0.6) is 0 Å². The number of allylic oxidation sites excluding steroid dienone is 1. The van der Waals surface area contributed by atoms with Crippen LogP contribution >= 0.6 is 0 Å². The predicted molar refractivity (Wildman–Crippen MR) is 59.9 cm³/mol. The van der Waals surface area contributed by atoms with E-state index in [4.69, 9.17) is 0 Å². The summed E-state index contributed by atoms with van der Waals surface area (Å²) in [4.78, 5) is 22.5. The standard InChI is InChI=1S/C10H14O7S.Na/c1-3-5-8(7-9(11)16-6-4-2)10(12)17-18(13,14)15;/h3-4,8H,1-2,5-7H2,(H,13,14,15);/q;+1/p-1. The maximum Gasteiger partial charge on any atom is 1.00 e. The van der Waals surface area contributed by atoms with E-state index in [0.29, 0.717) is 0 Å². The largest absolute Gasteiger partial charge is 1.00 e. The number of hydrogen-bond donors (Lipinski definition) is 0. The maximum absolute atomic E-state index is 11.3. The molecule has 0 aliphatic carbocycles. The van der Waals surface area contributed by atoms with Gasteiger partial charge in [0.15, 0.2) is 0 Å². The summed E-state index contributed by atoms with van der Waals surface area (Å²) in [5.74, 6) is -3.16. The molecule has 0 aliphatic heterocycles. The Labute approximate surface area is 133 Å². The molecule has 0 radical (unpaired) electrons. The van der Waals surface area contributed by atoms with E-state index in [1.54, 1.807) is 0 Å². The summed E-state index contributed by atoms with van der Waals surface area (Å²) >= 11 is 0. The smallest absolute Gasteiger partial charge is 0.716 e. The van der Waals surface area contributed by atoms with Crippen LogP contribution in [0.25, 0.3) is 0 Å². The number of hydrogen-bond acceptors (Lipinski definition) is 7. The molecule has 1 unspecified atom stereocenters. The number of carbonyl (C=O) groups is 2. The summed E-state index contributed by atoms with van der Waals surface area (Å²) in [6.07, 6.45) is 2.21. The molecule has 0 bridgehead atoms. The van der Waals surface area contributed by atoms with Crippen molar-refractivity contribution in [3.63, 3.8) is 0 Å². The Kier molecular flexibility index (Phi) is 11.0. The summed E-state index contributed by atoms with van der Waals surface area (Å²) in [6, 6.07) is 0.